The van der Waals surface area contributed by atoms with Gasteiger partial charge in [-0.3, -0.25) is 4.79 Å². The van der Waals surface area contributed by atoms with Gasteiger partial charge in [-0.15, -0.1) is 0 Å². The van der Waals surface area contributed by atoms with E-state index in [4.69, 9.17) is 16.2 Å². The van der Waals surface area contributed by atoms with Crippen molar-refractivity contribution in [3.05, 3.63) is 29.8 Å². The summed E-state index contributed by atoms with van der Waals surface area (Å²) >= 11 is 0. The molecule has 0 fully saturated rings. The Morgan fingerprint density at radius 1 is 1.15 bits per heavy atom. The molecule has 0 saturated heterocycles. The van der Waals surface area contributed by atoms with E-state index < -0.39 is 0 Å². The first kappa shape index (κ1) is 16.5. The number of carbonyl (C=O) groups excluding carboxylic acids is 1. The summed E-state index contributed by atoms with van der Waals surface area (Å²) in [7, 11) is 0. The van der Waals surface area contributed by atoms with Crippen molar-refractivity contribution in [3.63, 3.8) is 0 Å². The van der Waals surface area contributed by atoms with Crippen LogP contribution in [0.2, 0.25) is 0 Å². The zero-order valence-electron chi connectivity index (χ0n) is 12.3. The Balaban J connectivity index is 2.29. The van der Waals surface area contributed by atoms with Gasteiger partial charge in [-0.1, -0.05) is 44.7 Å². The Morgan fingerprint density at radius 2 is 1.80 bits per heavy atom. The van der Waals surface area contributed by atoms with Crippen molar-refractivity contribution in [1.29, 1.82) is 0 Å². The number of primary amides is 1. The summed E-state index contributed by atoms with van der Waals surface area (Å²) in [6.45, 7) is 2.96. The van der Waals surface area contributed by atoms with Gasteiger partial charge in [0, 0.05) is 12.5 Å². The van der Waals surface area contributed by atoms with Crippen LogP contribution in [0.15, 0.2) is 24.3 Å². The molecule has 0 radical (unpaired) electrons. The molecule has 0 aromatic heterocycles. The minimum Gasteiger partial charge on any atom is -0.494 e. The Hall–Kier alpha value is -1.55. The first-order chi connectivity index (χ1) is 9.63. The smallest absolute Gasteiger partial charge is 0.219 e. The summed E-state index contributed by atoms with van der Waals surface area (Å²) in [5.41, 5.74) is 11.9. The molecule has 0 spiro atoms. The summed E-state index contributed by atoms with van der Waals surface area (Å²) < 4.78 is 5.67. The largest absolute Gasteiger partial charge is 0.494 e. The second-order valence-corrected chi connectivity index (χ2v) is 5.11. The first-order valence-electron chi connectivity index (χ1n) is 7.40. The lowest BCUT2D eigenvalue weighted by molar-refractivity contribution is -0.118. The SMILES string of the molecule is CCCCCCCOc1ccc(C(N)CC(N)=O)cc1. The quantitative estimate of drug-likeness (QED) is 0.646. The van der Waals surface area contributed by atoms with Gasteiger partial charge in [0.05, 0.1) is 6.61 Å². The van der Waals surface area contributed by atoms with Crippen LogP contribution < -0.4 is 16.2 Å². The van der Waals surface area contributed by atoms with E-state index in [1.165, 1.54) is 25.7 Å². The minimum atomic E-state index is -0.384. The van der Waals surface area contributed by atoms with Crippen LogP contribution in [0.3, 0.4) is 0 Å². The van der Waals surface area contributed by atoms with Gasteiger partial charge in [-0.25, -0.2) is 0 Å². The normalized spacial score (nSPS) is 12.1. The van der Waals surface area contributed by atoms with E-state index in [1.807, 2.05) is 24.3 Å². The van der Waals surface area contributed by atoms with E-state index in [0.717, 1.165) is 24.3 Å². The molecule has 20 heavy (non-hydrogen) atoms. The van der Waals surface area contributed by atoms with E-state index in [2.05, 4.69) is 6.92 Å². The topological polar surface area (TPSA) is 78.3 Å². The Morgan fingerprint density at radius 3 is 2.40 bits per heavy atom. The number of carbonyl (C=O) groups is 1. The lowest BCUT2D eigenvalue weighted by Crippen LogP contribution is -2.20. The predicted molar refractivity (Wildman–Crippen MR) is 81.4 cm³/mol. The van der Waals surface area contributed by atoms with Gasteiger partial charge in [0.2, 0.25) is 5.91 Å². The van der Waals surface area contributed by atoms with Gasteiger partial charge >= 0.3 is 0 Å². The molecule has 1 aromatic carbocycles. The number of nitrogens with two attached hydrogens (primary N) is 2. The number of unbranched alkanes of at least 4 members (excludes halogenated alkanes) is 4. The van der Waals surface area contributed by atoms with Gasteiger partial charge in [0.1, 0.15) is 5.75 Å². The molecule has 1 amide bonds. The molecule has 1 unspecified atom stereocenters. The van der Waals surface area contributed by atoms with E-state index >= 15 is 0 Å². The fraction of sp³-hybridized carbons (Fsp3) is 0.562. The molecule has 4 heteroatoms. The summed E-state index contributed by atoms with van der Waals surface area (Å²) in [6.07, 6.45) is 6.30. The van der Waals surface area contributed by atoms with Gasteiger partial charge in [0.15, 0.2) is 0 Å². The second-order valence-electron chi connectivity index (χ2n) is 5.11. The van der Waals surface area contributed by atoms with E-state index in [-0.39, 0.29) is 18.4 Å². The Labute approximate surface area is 121 Å². The lowest BCUT2D eigenvalue weighted by Gasteiger charge is -2.11. The number of ether oxygens (including phenoxy) is 1. The van der Waals surface area contributed by atoms with Gasteiger partial charge < -0.3 is 16.2 Å². The highest BCUT2D eigenvalue weighted by Gasteiger charge is 2.09. The summed E-state index contributed by atoms with van der Waals surface area (Å²) in [5.74, 6) is 0.459. The molecular weight excluding hydrogens is 252 g/mol. The molecule has 0 heterocycles. The fourth-order valence-corrected chi connectivity index (χ4v) is 2.04. The van der Waals surface area contributed by atoms with Crippen molar-refractivity contribution in [2.24, 2.45) is 11.5 Å². The maximum Gasteiger partial charge on any atom is 0.219 e. The molecule has 0 aliphatic heterocycles. The van der Waals surface area contributed by atoms with Gasteiger partial charge in [-0.05, 0) is 24.1 Å². The van der Waals surface area contributed by atoms with Crippen LogP contribution in [0.1, 0.15) is 57.1 Å². The molecule has 0 bridgehead atoms. The molecule has 0 aliphatic rings. The van der Waals surface area contributed by atoms with Crippen LogP contribution in [-0.4, -0.2) is 12.5 Å². The lowest BCUT2D eigenvalue weighted by atomic mass is 10.0. The van der Waals surface area contributed by atoms with Crippen molar-refractivity contribution in [2.45, 2.75) is 51.5 Å². The molecular formula is C16H26N2O2. The zero-order chi connectivity index (χ0) is 14.8. The summed E-state index contributed by atoms with van der Waals surface area (Å²) in [6, 6.07) is 7.22. The maximum absolute atomic E-state index is 10.8. The van der Waals surface area contributed by atoms with Crippen LogP contribution in [0.5, 0.6) is 5.75 Å². The monoisotopic (exact) mass is 278 g/mol. The number of amides is 1. The number of rotatable bonds is 10. The fourth-order valence-electron chi connectivity index (χ4n) is 2.04. The minimum absolute atomic E-state index is 0.164. The molecule has 4 N–H and O–H groups in total. The third kappa shape index (κ3) is 6.57. The number of hydrogen-bond donors (Lipinski definition) is 2. The van der Waals surface area contributed by atoms with E-state index in [1.54, 1.807) is 0 Å². The Bertz CT molecular complexity index is 390. The van der Waals surface area contributed by atoms with Crippen LogP contribution >= 0.6 is 0 Å². The first-order valence-corrected chi connectivity index (χ1v) is 7.40. The van der Waals surface area contributed by atoms with Gasteiger partial charge in [-0.2, -0.15) is 0 Å². The van der Waals surface area contributed by atoms with Crippen molar-refractivity contribution < 1.29 is 9.53 Å². The second kappa shape index (κ2) is 9.37. The molecule has 1 atom stereocenters. The third-order valence-electron chi connectivity index (χ3n) is 3.25. The highest BCUT2D eigenvalue weighted by Crippen LogP contribution is 2.18. The molecule has 0 aliphatic carbocycles. The zero-order valence-corrected chi connectivity index (χ0v) is 12.3. The number of benzene rings is 1. The van der Waals surface area contributed by atoms with Crippen LogP contribution in [0, 0.1) is 0 Å². The highest BCUT2D eigenvalue weighted by atomic mass is 16.5. The third-order valence-corrected chi connectivity index (χ3v) is 3.25. The average Bonchev–Trinajstić information content (AvgIpc) is 2.42. The molecule has 1 aromatic rings. The summed E-state index contributed by atoms with van der Waals surface area (Å²) in [5, 5.41) is 0. The van der Waals surface area contributed by atoms with Crippen LogP contribution in [0.25, 0.3) is 0 Å². The summed E-state index contributed by atoms with van der Waals surface area (Å²) in [4.78, 5) is 10.8. The molecule has 4 nitrogen and oxygen atoms in total. The van der Waals surface area contributed by atoms with E-state index in [0.29, 0.717) is 0 Å². The van der Waals surface area contributed by atoms with Crippen molar-refractivity contribution in [1.82, 2.24) is 0 Å². The van der Waals surface area contributed by atoms with Crippen molar-refractivity contribution in [3.8, 4) is 5.75 Å². The van der Waals surface area contributed by atoms with Gasteiger partial charge in [0.25, 0.3) is 0 Å². The highest BCUT2D eigenvalue weighted by molar-refractivity contribution is 5.74. The average molecular weight is 278 g/mol. The van der Waals surface area contributed by atoms with Crippen molar-refractivity contribution >= 4 is 5.91 Å². The van der Waals surface area contributed by atoms with Crippen molar-refractivity contribution in [2.75, 3.05) is 6.61 Å². The maximum atomic E-state index is 10.8. The Kier molecular flexibility index (Phi) is 7.73. The standard InChI is InChI=1S/C16H26N2O2/c1-2-3-4-5-6-11-20-14-9-7-13(8-10-14)15(17)12-16(18)19/h7-10,15H,2-6,11-12,17H2,1H3,(H2,18,19). The van der Waals surface area contributed by atoms with E-state index in [9.17, 15) is 4.79 Å². The molecule has 1 rings (SSSR count). The van der Waals surface area contributed by atoms with Crippen LogP contribution in [-0.2, 0) is 4.79 Å². The molecule has 0 saturated carbocycles. The predicted octanol–water partition coefficient (Wildman–Crippen LogP) is 2.91. The number of hydrogen-bond acceptors (Lipinski definition) is 3. The molecule has 112 valence electrons. The van der Waals surface area contributed by atoms with Crippen LogP contribution in [0.4, 0.5) is 0 Å².